The molecule has 3 aromatic rings. The number of methoxy groups -OCH3 is 1. The first-order chi connectivity index (χ1) is 12.7. The summed E-state index contributed by atoms with van der Waals surface area (Å²) in [6, 6.07) is 26.0. The molecule has 0 radical (unpaired) electrons. The van der Waals surface area contributed by atoms with Gasteiger partial charge in [0.25, 0.3) is 0 Å². The van der Waals surface area contributed by atoms with Crippen LogP contribution in [0.15, 0.2) is 78.9 Å². The van der Waals surface area contributed by atoms with Crippen molar-refractivity contribution < 1.29 is 9.53 Å². The van der Waals surface area contributed by atoms with E-state index in [1.807, 2.05) is 61.5 Å². The van der Waals surface area contributed by atoms with Crippen LogP contribution in [0.2, 0.25) is 0 Å². The molecule has 0 saturated heterocycles. The first kappa shape index (κ1) is 17.7. The minimum Gasteiger partial charge on any atom is -0.496 e. The molecular formula is C23H23NO2. The van der Waals surface area contributed by atoms with Gasteiger partial charge in [0.2, 0.25) is 5.91 Å². The topological polar surface area (TPSA) is 38.3 Å². The van der Waals surface area contributed by atoms with Crippen LogP contribution in [0.25, 0.3) is 11.1 Å². The van der Waals surface area contributed by atoms with Crippen molar-refractivity contribution in [2.45, 2.75) is 19.4 Å². The van der Waals surface area contributed by atoms with Crippen LogP contribution in [0.3, 0.4) is 0 Å². The van der Waals surface area contributed by atoms with Crippen molar-refractivity contribution in [1.82, 2.24) is 5.32 Å². The Morgan fingerprint density at radius 1 is 0.885 bits per heavy atom. The molecule has 1 amide bonds. The third-order valence-corrected chi connectivity index (χ3v) is 4.41. The van der Waals surface area contributed by atoms with Gasteiger partial charge >= 0.3 is 0 Å². The molecule has 3 aromatic carbocycles. The SMILES string of the molecule is COc1ccccc1C(C)NC(=O)Cc1ccc(-c2ccccc2)cc1. The molecule has 0 spiro atoms. The molecule has 1 unspecified atom stereocenters. The van der Waals surface area contributed by atoms with E-state index in [1.165, 1.54) is 5.56 Å². The summed E-state index contributed by atoms with van der Waals surface area (Å²) in [7, 11) is 1.64. The zero-order valence-corrected chi connectivity index (χ0v) is 15.1. The molecule has 3 rings (SSSR count). The molecule has 1 N–H and O–H groups in total. The molecule has 0 fully saturated rings. The molecule has 1 atom stereocenters. The maximum atomic E-state index is 12.4. The average Bonchev–Trinajstić information content (AvgIpc) is 2.69. The van der Waals surface area contributed by atoms with E-state index in [0.29, 0.717) is 6.42 Å². The second kappa shape index (κ2) is 8.34. The highest BCUT2D eigenvalue weighted by Gasteiger charge is 2.13. The summed E-state index contributed by atoms with van der Waals surface area (Å²) in [6.45, 7) is 1.97. The number of hydrogen-bond donors (Lipinski definition) is 1. The van der Waals surface area contributed by atoms with Crippen LogP contribution >= 0.6 is 0 Å². The highest BCUT2D eigenvalue weighted by atomic mass is 16.5. The summed E-state index contributed by atoms with van der Waals surface area (Å²) in [5.41, 5.74) is 4.29. The molecule has 132 valence electrons. The van der Waals surface area contributed by atoms with Crippen molar-refractivity contribution in [1.29, 1.82) is 0 Å². The quantitative estimate of drug-likeness (QED) is 0.698. The standard InChI is InChI=1S/C23H23NO2/c1-17(21-10-6-7-11-22(21)26-2)24-23(25)16-18-12-14-20(15-13-18)19-8-4-3-5-9-19/h3-15,17H,16H2,1-2H3,(H,24,25). The average molecular weight is 345 g/mol. The summed E-state index contributed by atoms with van der Waals surface area (Å²) < 4.78 is 5.37. The van der Waals surface area contributed by atoms with E-state index in [1.54, 1.807) is 7.11 Å². The summed E-state index contributed by atoms with van der Waals surface area (Å²) in [5.74, 6) is 0.781. The number of para-hydroxylation sites is 1. The molecule has 0 saturated carbocycles. The zero-order chi connectivity index (χ0) is 18.4. The van der Waals surface area contributed by atoms with Crippen LogP contribution in [0.5, 0.6) is 5.75 Å². The van der Waals surface area contributed by atoms with E-state index >= 15 is 0 Å². The highest BCUT2D eigenvalue weighted by molar-refractivity contribution is 5.79. The van der Waals surface area contributed by atoms with Gasteiger partial charge in [0.15, 0.2) is 0 Å². The lowest BCUT2D eigenvalue weighted by Gasteiger charge is -2.17. The number of nitrogens with one attached hydrogen (secondary N) is 1. The first-order valence-electron chi connectivity index (χ1n) is 8.74. The van der Waals surface area contributed by atoms with Gasteiger partial charge < -0.3 is 10.1 Å². The largest absolute Gasteiger partial charge is 0.496 e. The second-order valence-electron chi connectivity index (χ2n) is 6.27. The van der Waals surface area contributed by atoms with Gasteiger partial charge in [0.05, 0.1) is 19.6 Å². The number of amides is 1. The van der Waals surface area contributed by atoms with Gasteiger partial charge in [-0.3, -0.25) is 4.79 Å². The van der Waals surface area contributed by atoms with Crippen molar-refractivity contribution in [2.75, 3.05) is 7.11 Å². The van der Waals surface area contributed by atoms with E-state index in [4.69, 9.17) is 4.74 Å². The van der Waals surface area contributed by atoms with E-state index in [-0.39, 0.29) is 11.9 Å². The number of hydrogen-bond acceptors (Lipinski definition) is 2. The van der Waals surface area contributed by atoms with Crippen molar-refractivity contribution in [3.8, 4) is 16.9 Å². The predicted octanol–water partition coefficient (Wildman–Crippen LogP) is 4.78. The fraction of sp³-hybridized carbons (Fsp3) is 0.174. The Hall–Kier alpha value is -3.07. The molecule has 26 heavy (non-hydrogen) atoms. The maximum absolute atomic E-state index is 12.4. The lowest BCUT2D eigenvalue weighted by atomic mass is 10.0. The first-order valence-corrected chi connectivity index (χ1v) is 8.74. The van der Waals surface area contributed by atoms with Gasteiger partial charge in [-0.25, -0.2) is 0 Å². The van der Waals surface area contributed by atoms with Gasteiger partial charge in [0.1, 0.15) is 5.75 Å². The van der Waals surface area contributed by atoms with Crippen molar-refractivity contribution in [2.24, 2.45) is 0 Å². The number of ether oxygens (including phenoxy) is 1. The van der Waals surface area contributed by atoms with Crippen molar-refractivity contribution >= 4 is 5.91 Å². The van der Waals surface area contributed by atoms with Gasteiger partial charge in [-0.2, -0.15) is 0 Å². The Kier molecular flexibility index (Phi) is 5.69. The van der Waals surface area contributed by atoms with Crippen LogP contribution in [-0.4, -0.2) is 13.0 Å². The number of carbonyl (C=O) groups is 1. The number of rotatable bonds is 6. The van der Waals surface area contributed by atoms with Crippen molar-refractivity contribution in [3.63, 3.8) is 0 Å². The Morgan fingerprint density at radius 2 is 1.50 bits per heavy atom. The summed E-state index contributed by atoms with van der Waals surface area (Å²) in [5, 5.41) is 3.05. The van der Waals surface area contributed by atoms with E-state index < -0.39 is 0 Å². The highest BCUT2D eigenvalue weighted by Crippen LogP contribution is 2.24. The van der Waals surface area contributed by atoms with Crippen molar-refractivity contribution in [3.05, 3.63) is 90.0 Å². The lowest BCUT2D eigenvalue weighted by Crippen LogP contribution is -2.28. The minimum absolute atomic E-state index is 0.00383. The summed E-state index contributed by atoms with van der Waals surface area (Å²) >= 11 is 0. The fourth-order valence-electron chi connectivity index (χ4n) is 3.03. The van der Waals surface area contributed by atoms with Crippen LogP contribution in [0.4, 0.5) is 0 Å². The van der Waals surface area contributed by atoms with Crippen LogP contribution in [-0.2, 0) is 11.2 Å². The normalized spacial score (nSPS) is 11.6. The molecule has 0 aliphatic carbocycles. The minimum atomic E-state index is -0.109. The maximum Gasteiger partial charge on any atom is 0.224 e. The monoisotopic (exact) mass is 345 g/mol. The Balaban J connectivity index is 1.63. The number of carbonyl (C=O) groups excluding carboxylic acids is 1. The molecule has 3 heteroatoms. The van der Waals surface area contributed by atoms with E-state index in [2.05, 4.69) is 29.6 Å². The Morgan fingerprint density at radius 3 is 2.19 bits per heavy atom. The molecule has 0 aliphatic heterocycles. The second-order valence-corrected chi connectivity index (χ2v) is 6.27. The smallest absolute Gasteiger partial charge is 0.224 e. The predicted molar refractivity (Wildman–Crippen MR) is 105 cm³/mol. The van der Waals surface area contributed by atoms with Crippen LogP contribution in [0, 0.1) is 0 Å². The van der Waals surface area contributed by atoms with E-state index in [9.17, 15) is 4.79 Å². The van der Waals surface area contributed by atoms with Crippen LogP contribution in [0.1, 0.15) is 24.1 Å². The third kappa shape index (κ3) is 4.31. The molecule has 0 aliphatic rings. The Labute approximate surface area is 154 Å². The fourth-order valence-corrected chi connectivity index (χ4v) is 3.03. The molecular weight excluding hydrogens is 322 g/mol. The summed E-state index contributed by atoms with van der Waals surface area (Å²) in [6.07, 6.45) is 0.356. The van der Waals surface area contributed by atoms with Gasteiger partial charge in [-0.05, 0) is 29.7 Å². The van der Waals surface area contributed by atoms with E-state index in [0.717, 1.165) is 22.4 Å². The zero-order valence-electron chi connectivity index (χ0n) is 15.1. The molecule has 0 aromatic heterocycles. The van der Waals surface area contributed by atoms with Gasteiger partial charge in [-0.1, -0.05) is 72.8 Å². The third-order valence-electron chi connectivity index (χ3n) is 4.41. The lowest BCUT2D eigenvalue weighted by molar-refractivity contribution is -0.121. The Bertz CT molecular complexity index is 857. The van der Waals surface area contributed by atoms with Gasteiger partial charge in [-0.15, -0.1) is 0 Å². The van der Waals surface area contributed by atoms with Crippen LogP contribution < -0.4 is 10.1 Å². The molecule has 3 nitrogen and oxygen atoms in total. The van der Waals surface area contributed by atoms with Gasteiger partial charge in [0, 0.05) is 5.56 Å². The molecule has 0 bridgehead atoms. The summed E-state index contributed by atoms with van der Waals surface area (Å²) in [4.78, 5) is 12.4. The number of benzene rings is 3. The molecule has 0 heterocycles.